The molecule has 5 heteroatoms. The van der Waals surface area contributed by atoms with Gasteiger partial charge in [-0.25, -0.2) is 0 Å². The highest BCUT2D eigenvalue weighted by Gasteiger charge is 2.38. The van der Waals surface area contributed by atoms with Gasteiger partial charge >= 0.3 is 0 Å². The van der Waals surface area contributed by atoms with Crippen LogP contribution < -0.4 is 5.32 Å². The largest absolute Gasteiger partial charge is 0.385 e. The fourth-order valence-electron chi connectivity index (χ4n) is 3.09. The number of aryl methyl sites for hydroxylation is 1. The standard InChI is InChI=1S/C18H26N2O3/c1-13-5-7-14(8-6-13)17-15(9-10-16(21)20(17)2)18(22)19-11-4-12-23-3/h5-8,15,17H,4,9-12H2,1-3H3,(H,19,22)/t15-,17+/m0/s1. The second-order valence-corrected chi connectivity index (χ2v) is 6.14. The van der Waals surface area contributed by atoms with Gasteiger partial charge in [-0.15, -0.1) is 0 Å². The quantitative estimate of drug-likeness (QED) is 0.817. The lowest BCUT2D eigenvalue weighted by Crippen LogP contribution is -2.46. The molecule has 1 aliphatic heterocycles. The van der Waals surface area contributed by atoms with Crippen molar-refractivity contribution in [2.45, 2.75) is 32.2 Å². The third-order valence-corrected chi connectivity index (χ3v) is 4.44. The minimum absolute atomic E-state index is 0.0195. The van der Waals surface area contributed by atoms with Gasteiger partial charge in [-0.1, -0.05) is 29.8 Å². The molecule has 1 aromatic carbocycles. The van der Waals surface area contributed by atoms with Crippen LogP contribution in [-0.4, -0.2) is 44.0 Å². The van der Waals surface area contributed by atoms with Gasteiger partial charge < -0.3 is 15.0 Å². The summed E-state index contributed by atoms with van der Waals surface area (Å²) in [5, 5.41) is 2.98. The first-order chi connectivity index (χ1) is 11.0. The number of rotatable bonds is 6. The number of benzene rings is 1. The average Bonchev–Trinajstić information content (AvgIpc) is 2.55. The van der Waals surface area contributed by atoms with E-state index >= 15 is 0 Å². The van der Waals surface area contributed by atoms with Crippen LogP contribution in [-0.2, 0) is 14.3 Å². The van der Waals surface area contributed by atoms with Gasteiger partial charge in [0.15, 0.2) is 0 Å². The summed E-state index contributed by atoms with van der Waals surface area (Å²) in [7, 11) is 3.44. The van der Waals surface area contributed by atoms with E-state index in [1.54, 1.807) is 19.1 Å². The molecule has 1 fully saturated rings. The lowest BCUT2D eigenvalue weighted by atomic mass is 9.83. The Morgan fingerprint density at radius 2 is 2.04 bits per heavy atom. The van der Waals surface area contributed by atoms with Crippen molar-refractivity contribution >= 4 is 11.8 Å². The fraction of sp³-hybridized carbons (Fsp3) is 0.556. The first kappa shape index (κ1) is 17.5. The van der Waals surface area contributed by atoms with E-state index in [4.69, 9.17) is 4.74 Å². The summed E-state index contributed by atoms with van der Waals surface area (Å²) in [5.41, 5.74) is 2.18. The van der Waals surface area contributed by atoms with Gasteiger partial charge in [0.1, 0.15) is 0 Å². The van der Waals surface area contributed by atoms with E-state index in [1.807, 2.05) is 31.2 Å². The molecule has 1 saturated heterocycles. The summed E-state index contributed by atoms with van der Waals surface area (Å²) in [4.78, 5) is 26.4. The van der Waals surface area contributed by atoms with E-state index in [1.165, 1.54) is 5.56 Å². The Labute approximate surface area is 138 Å². The van der Waals surface area contributed by atoms with E-state index in [2.05, 4.69) is 5.32 Å². The minimum Gasteiger partial charge on any atom is -0.385 e. The SMILES string of the molecule is COCCCNC(=O)[C@H]1CCC(=O)N(C)[C@@H]1c1ccc(C)cc1. The third-order valence-electron chi connectivity index (χ3n) is 4.44. The van der Waals surface area contributed by atoms with Crippen LogP contribution in [0.1, 0.15) is 36.4 Å². The van der Waals surface area contributed by atoms with Gasteiger partial charge in [-0.2, -0.15) is 0 Å². The Balaban J connectivity index is 2.13. The number of carbonyl (C=O) groups is 2. The molecule has 0 spiro atoms. The van der Waals surface area contributed by atoms with Crippen LogP contribution in [0.25, 0.3) is 0 Å². The second-order valence-electron chi connectivity index (χ2n) is 6.14. The number of piperidine rings is 1. The molecular weight excluding hydrogens is 292 g/mol. The molecule has 0 aliphatic carbocycles. The van der Waals surface area contributed by atoms with Gasteiger partial charge in [0.05, 0.1) is 12.0 Å². The molecule has 0 saturated carbocycles. The zero-order chi connectivity index (χ0) is 16.8. The maximum absolute atomic E-state index is 12.6. The summed E-state index contributed by atoms with van der Waals surface area (Å²) in [6.45, 7) is 3.26. The zero-order valence-electron chi connectivity index (χ0n) is 14.2. The Morgan fingerprint density at radius 3 is 2.70 bits per heavy atom. The summed E-state index contributed by atoms with van der Waals surface area (Å²) < 4.78 is 5.00. The van der Waals surface area contributed by atoms with E-state index in [-0.39, 0.29) is 23.8 Å². The number of carbonyl (C=O) groups excluding carboxylic acids is 2. The van der Waals surface area contributed by atoms with E-state index < -0.39 is 0 Å². The number of methoxy groups -OCH3 is 1. The molecule has 0 aromatic heterocycles. The van der Waals surface area contributed by atoms with E-state index in [0.29, 0.717) is 26.0 Å². The highest BCUT2D eigenvalue weighted by molar-refractivity contribution is 5.84. The van der Waals surface area contributed by atoms with Crippen molar-refractivity contribution in [1.82, 2.24) is 10.2 Å². The number of hydrogen-bond donors (Lipinski definition) is 1. The molecule has 0 bridgehead atoms. The van der Waals surface area contributed by atoms with Gasteiger partial charge in [0.2, 0.25) is 11.8 Å². The number of amides is 2. The van der Waals surface area contributed by atoms with Gasteiger partial charge in [-0.05, 0) is 25.3 Å². The van der Waals surface area contributed by atoms with Crippen LogP contribution >= 0.6 is 0 Å². The number of nitrogens with one attached hydrogen (secondary N) is 1. The molecule has 2 rings (SSSR count). The highest BCUT2D eigenvalue weighted by atomic mass is 16.5. The van der Waals surface area contributed by atoms with Crippen LogP contribution in [0.2, 0.25) is 0 Å². The predicted molar refractivity (Wildman–Crippen MR) is 88.9 cm³/mol. The van der Waals surface area contributed by atoms with Gasteiger partial charge in [0, 0.05) is 33.7 Å². The summed E-state index contributed by atoms with van der Waals surface area (Å²) in [5.74, 6) is -0.0898. The van der Waals surface area contributed by atoms with Crippen molar-refractivity contribution in [2.75, 3.05) is 27.3 Å². The highest BCUT2D eigenvalue weighted by Crippen LogP contribution is 2.35. The van der Waals surface area contributed by atoms with Crippen molar-refractivity contribution in [2.24, 2.45) is 5.92 Å². The first-order valence-electron chi connectivity index (χ1n) is 8.13. The Morgan fingerprint density at radius 1 is 1.35 bits per heavy atom. The second kappa shape index (κ2) is 8.11. The Kier molecular flexibility index (Phi) is 6.16. The normalized spacial score (nSPS) is 21.3. The predicted octanol–water partition coefficient (Wildman–Crippen LogP) is 2.06. The lowest BCUT2D eigenvalue weighted by molar-refractivity contribution is -0.141. The Bertz CT molecular complexity index is 542. The molecule has 2 atom stereocenters. The first-order valence-corrected chi connectivity index (χ1v) is 8.13. The van der Waals surface area contributed by atoms with Crippen molar-refractivity contribution < 1.29 is 14.3 Å². The molecule has 5 nitrogen and oxygen atoms in total. The number of hydrogen-bond acceptors (Lipinski definition) is 3. The van der Waals surface area contributed by atoms with Crippen molar-refractivity contribution in [3.8, 4) is 0 Å². The summed E-state index contributed by atoms with van der Waals surface area (Å²) in [6.07, 6.45) is 1.81. The van der Waals surface area contributed by atoms with Crippen LogP contribution in [0.4, 0.5) is 0 Å². The van der Waals surface area contributed by atoms with Gasteiger partial charge in [0.25, 0.3) is 0 Å². The molecular formula is C18H26N2O3. The molecule has 0 radical (unpaired) electrons. The van der Waals surface area contributed by atoms with Crippen molar-refractivity contribution in [3.05, 3.63) is 35.4 Å². The lowest BCUT2D eigenvalue weighted by Gasteiger charge is -2.38. The topological polar surface area (TPSA) is 58.6 Å². The van der Waals surface area contributed by atoms with Crippen LogP contribution in [0.3, 0.4) is 0 Å². The van der Waals surface area contributed by atoms with Crippen LogP contribution in [0.5, 0.6) is 0 Å². The number of ether oxygens (including phenoxy) is 1. The van der Waals surface area contributed by atoms with Crippen LogP contribution in [0, 0.1) is 12.8 Å². The molecule has 126 valence electrons. The molecule has 1 aromatic rings. The van der Waals surface area contributed by atoms with Crippen molar-refractivity contribution in [3.63, 3.8) is 0 Å². The molecule has 1 N–H and O–H groups in total. The monoisotopic (exact) mass is 318 g/mol. The maximum Gasteiger partial charge on any atom is 0.225 e. The van der Waals surface area contributed by atoms with Gasteiger partial charge in [-0.3, -0.25) is 9.59 Å². The van der Waals surface area contributed by atoms with E-state index in [0.717, 1.165) is 12.0 Å². The molecule has 2 amide bonds. The maximum atomic E-state index is 12.6. The average molecular weight is 318 g/mol. The molecule has 1 aliphatic rings. The summed E-state index contributed by atoms with van der Waals surface area (Å²) in [6, 6.07) is 7.88. The summed E-state index contributed by atoms with van der Waals surface area (Å²) >= 11 is 0. The van der Waals surface area contributed by atoms with Crippen LogP contribution in [0.15, 0.2) is 24.3 Å². The number of nitrogens with zero attached hydrogens (tertiary/aromatic N) is 1. The van der Waals surface area contributed by atoms with Crippen molar-refractivity contribution in [1.29, 1.82) is 0 Å². The fourth-order valence-corrected chi connectivity index (χ4v) is 3.09. The Hall–Kier alpha value is -1.88. The number of likely N-dealkylation sites (tertiary alicyclic amines) is 1. The molecule has 23 heavy (non-hydrogen) atoms. The van der Waals surface area contributed by atoms with E-state index in [9.17, 15) is 9.59 Å². The zero-order valence-corrected chi connectivity index (χ0v) is 14.2. The smallest absolute Gasteiger partial charge is 0.225 e. The third kappa shape index (κ3) is 4.32. The minimum atomic E-state index is -0.206. The molecule has 1 heterocycles. The molecule has 0 unspecified atom stereocenters.